The van der Waals surface area contributed by atoms with Crippen LogP contribution in [0, 0.1) is 5.92 Å². The summed E-state index contributed by atoms with van der Waals surface area (Å²) < 4.78 is 5.63. The molecule has 0 aromatic rings. The van der Waals surface area contributed by atoms with E-state index in [0.717, 1.165) is 0 Å². The molecule has 2 unspecified atom stereocenters. The van der Waals surface area contributed by atoms with Crippen molar-refractivity contribution in [1.29, 1.82) is 0 Å². The fraction of sp³-hybridized carbons (Fsp3) is 0.733. The van der Waals surface area contributed by atoms with E-state index < -0.39 is 0 Å². The summed E-state index contributed by atoms with van der Waals surface area (Å²) in [4.78, 5) is 0. The number of hydrogen-bond acceptors (Lipinski definition) is 1. The molecule has 0 aromatic heterocycles. The summed E-state index contributed by atoms with van der Waals surface area (Å²) in [7, 11) is 0. The van der Waals surface area contributed by atoms with Crippen molar-refractivity contribution in [2.45, 2.75) is 65.6 Å². The molecule has 0 radical (unpaired) electrons. The highest BCUT2D eigenvalue weighted by Gasteiger charge is 2.35. The number of allylic oxidation sites excluding steroid dienone is 3. The van der Waals surface area contributed by atoms with Crippen LogP contribution < -0.4 is 0 Å². The van der Waals surface area contributed by atoms with Crippen molar-refractivity contribution in [3.63, 3.8) is 0 Å². The van der Waals surface area contributed by atoms with Gasteiger partial charge in [-0.2, -0.15) is 0 Å². The minimum atomic E-state index is 0.406. The third-order valence-electron chi connectivity index (χ3n) is 3.31. The second-order valence-corrected chi connectivity index (χ2v) is 4.96. The zero-order chi connectivity index (χ0) is 12.0. The summed E-state index contributed by atoms with van der Waals surface area (Å²) in [5.74, 6) is 0.701. The molecule has 0 aromatic carbocycles. The van der Waals surface area contributed by atoms with Crippen LogP contribution in [0.4, 0.5) is 0 Å². The van der Waals surface area contributed by atoms with E-state index in [0.29, 0.717) is 18.1 Å². The van der Waals surface area contributed by atoms with E-state index in [2.05, 4.69) is 45.9 Å². The lowest BCUT2D eigenvalue weighted by molar-refractivity contribution is 0.378. The molecule has 3 atom stereocenters. The Kier molecular flexibility index (Phi) is 5.83. The summed E-state index contributed by atoms with van der Waals surface area (Å²) in [6.07, 6.45) is 12.6. The van der Waals surface area contributed by atoms with Crippen LogP contribution in [0.25, 0.3) is 0 Å². The Bertz CT molecular complexity index is 252. The van der Waals surface area contributed by atoms with Crippen LogP contribution in [0.2, 0.25) is 0 Å². The zero-order valence-corrected chi connectivity index (χ0v) is 11.2. The minimum Gasteiger partial charge on any atom is -0.365 e. The SMILES string of the molecule is C/C=C(/C)CCC1OC1/C=C\[C@@H](C)CCC. The second-order valence-electron chi connectivity index (χ2n) is 4.96. The van der Waals surface area contributed by atoms with Crippen LogP contribution in [0.5, 0.6) is 0 Å². The van der Waals surface area contributed by atoms with Gasteiger partial charge in [0.05, 0.1) is 6.10 Å². The van der Waals surface area contributed by atoms with Gasteiger partial charge in [-0.1, -0.05) is 44.1 Å². The lowest BCUT2D eigenvalue weighted by atomic mass is 10.0. The Morgan fingerprint density at radius 1 is 1.44 bits per heavy atom. The smallest absolute Gasteiger partial charge is 0.102 e. The highest BCUT2D eigenvalue weighted by molar-refractivity contribution is 5.06. The summed E-state index contributed by atoms with van der Waals surface area (Å²) in [5, 5.41) is 0. The fourth-order valence-corrected chi connectivity index (χ4v) is 1.92. The average Bonchev–Trinajstić information content (AvgIpc) is 3.02. The van der Waals surface area contributed by atoms with Gasteiger partial charge in [0.15, 0.2) is 0 Å². The van der Waals surface area contributed by atoms with Crippen molar-refractivity contribution < 1.29 is 4.74 Å². The van der Waals surface area contributed by atoms with Gasteiger partial charge in [-0.15, -0.1) is 0 Å². The molecule has 1 nitrogen and oxygen atoms in total. The van der Waals surface area contributed by atoms with Gasteiger partial charge in [-0.25, -0.2) is 0 Å². The molecule has 1 heteroatoms. The maximum absolute atomic E-state index is 5.63. The first-order valence-corrected chi connectivity index (χ1v) is 6.63. The van der Waals surface area contributed by atoms with E-state index in [1.165, 1.54) is 31.3 Å². The molecule has 1 aliphatic rings. The Balaban J connectivity index is 2.14. The van der Waals surface area contributed by atoms with Gasteiger partial charge < -0.3 is 4.74 Å². The lowest BCUT2D eigenvalue weighted by Crippen LogP contribution is -1.93. The summed E-state index contributed by atoms with van der Waals surface area (Å²) in [5.41, 5.74) is 1.47. The third-order valence-corrected chi connectivity index (χ3v) is 3.31. The van der Waals surface area contributed by atoms with E-state index in [-0.39, 0.29) is 0 Å². The molecule has 0 N–H and O–H groups in total. The van der Waals surface area contributed by atoms with Gasteiger partial charge in [0, 0.05) is 0 Å². The Morgan fingerprint density at radius 3 is 2.81 bits per heavy atom. The molecular formula is C15H26O. The van der Waals surface area contributed by atoms with Crippen LogP contribution in [-0.2, 0) is 4.74 Å². The van der Waals surface area contributed by atoms with Gasteiger partial charge in [-0.3, -0.25) is 0 Å². The van der Waals surface area contributed by atoms with Crippen molar-refractivity contribution in [1.82, 2.24) is 0 Å². The molecule has 1 rings (SSSR count). The molecule has 1 fully saturated rings. The number of rotatable bonds is 7. The fourth-order valence-electron chi connectivity index (χ4n) is 1.92. The van der Waals surface area contributed by atoms with E-state index in [1.807, 2.05) is 0 Å². The molecule has 1 aliphatic heterocycles. The normalized spacial score (nSPS) is 27.4. The second kappa shape index (κ2) is 6.90. The molecule has 16 heavy (non-hydrogen) atoms. The first-order valence-electron chi connectivity index (χ1n) is 6.63. The van der Waals surface area contributed by atoms with Gasteiger partial charge in [0.1, 0.15) is 6.10 Å². The van der Waals surface area contributed by atoms with Crippen molar-refractivity contribution in [2.75, 3.05) is 0 Å². The molecule has 1 heterocycles. The number of hydrogen-bond donors (Lipinski definition) is 0. The Morgan fingerprint density at radius 2 is 2.19 bits per heavy atom. The summed E-state index contributed by atoms with van der Waals surface area (Å²) in [6.45, 7) is 8.81. The van der Waals surface area contributed by atoms with Crippen molar-refractivity contribution in [3.05, 3.63) is 23.8 Å². The average molecular weight is 222 g/mol. The molecule has 0 spiro atoms. The van der Waals surface area contributed by atoms with Crippen molar-refractivity contribution in [2.24, 2.45) is 5.92 Å². The van der Waals surface area contributed by atoms with Gasteiger partial charge in [0.2, 0.25) is 0 Å². The predicted octanol–water partition coefficient (Wildman–Crippen LogP) is 4.49. The quantitative estimate of drug-likeness (QED) is 0.456. The Hall–Kier alpha value is -0.560. The van der Waals surface area contributed by atoms with Crippen molar-refractivity contribution >= 4 is 0 Å². The molecule has 0 saturated carbocycles. The van der Waals surface area contributed by atoms with E-state index in [9.17, 15) is 0 Å². The van der Waals surface area contributed by atoms with Crippen LogP contribution >= 0.6 is 0 Å². The van der Waals surface area contributed by atoms with Gasteiger partial charge >= 0.3 is 0 Å². The van der Waals surface area contributed by atoms with Gasteiger partial charge in [0.25, 0.3) is 0 Å². The topological polar surface area (TPSA) is 12.5 Å². The zero-order valence-electron chi connectivity index (χ0n) is 11.2. The van der Waals surface area contributed by atoms with Crippen LogP contribution in [0.3, 0.4) is 0 Å². The standard InChI is InChI=1S/C15H26O/c1-5-7-13(4)9-11-15-14(16-15)10-8-12(3)6-2/h6,9,11,13-15H,5,7-8,10H2,1-4H3/b11-9-,12-6-/t13-,14?,15?/m0/s1. The molecule has 0 bridgehead atoms. The predicted molar refractivity (Wildman–Crippen MR) is 70.5 cm³/mol. The summed E-state index contributed by atoms with van der Waals surface area (Å²) >= 11 is 0. The number of epoxide rings is 1. The van der Waals surface area contributed by atoms with Crippen LogP contribution in [0.15, 0.2) is 23.8 Å². The highest BCUT2D eigenvalue weighted by atomic mass is 16.6. The maximum Gasteiger partial charge on any atom is 0.102 e. The molecule has 1 saturated heterocycles. The van der Waals surface area contributed by atoms with E-state index in [4.69, 9.17) is 4.74 Å². The van der Waals surface area contributed by atoms with E-state index in [1.54, 1.807) is 0 Å². The molecular weight excluding hydrogens is 196 g/mol. The molecule has 0 aliphatic carbocycles. The third kappa shape index (κ3) is 4.98. The highest BCUT2D eigenvalue weighted by Crippen LogP contribution is 2.29. The largest absolute Gasteiger partial charge is 0.365 e. The van der Waals surface area contributed by atoms with Gasteiger partial charge in [-0.05, 0) is 39.0 Å². The van der Waals surface area contributed by atoms with Crippen LogP contribution in [0.1, 0.15) is 53.4 Å². The van der Waals surface area contributed by atoms with Crippen molar-refractivity contribution in [3.8, 4) is 0 Å². The Labute approximate surface area is 101 Å². The van der Waals surface area contributed by atoms with Crippen LogP contribution in [-0.4, -0.2) is 12.2 Å². The lowest BCUT2D eigenvalue weighted by Gasteiger charge is -2.01. The first kappa shape index (κ1) is 13.5. The first-order chi connectivity index (χ1) is 7.67. The molecule has 0 amide bonds. The summed E-state index contributed by atoms with van der Waals surface area (Å²) in [6, 6.07) is 0. The monoisotopic (exact) mass is 222 g/mol. The number of ether oxygens (including phenoxy) is 1. The maximum atomic E-state index is 5.63. The van der Waals surface area contributed by atoms with E-state index >= 15 is 0 Å². The molecule has 92 valence electrons. The minimum absolute atomic E-state index is 0.406.